The number of hydrogen-bond donors (Lipinski definition) is 2. The van der Waals surface area contributed by atoms with E-state index in [1.54, 1.807) is 18.2 Å². The zero-order chi connectivity index (χ0) is 20.8. The van der Waals surface area contributed by atoms with E-state index >= 15 is 0 Å². The highest BCUT2D eigenvalue weighted by Crippen LogP contribution is 2.33. The number of nitrogens with zero attached hydrogens (tertiary/aromatic N) is 1. The summed E-state index contributed by atoms with van der Waals surface area (Å²) in [6, 6.07) is 16.3. The molecule has 5 nitrogen and oxygen atoms in total. The fraction of sp³-hybridized carbons (Fsp3) is 0.190. The Morgan fingerprint density at radius 2 is 1.90 bits per heavy atom. The van der Waals surface area contributed by atoms with E-state index in [9.17, 15) is 14.7 Å². The van der Waals surface area contributed by atoms with Crippen molar-refractivity contribution >= 4 is 57.8 Å². The standard InChI is InChI=1S/C21H19ClN2O3S2/c22-17-9-5-4-8-15(17)11-18-20(27)24(21(28)29-18)12-19(26)23-16(13-25)10-14-6-2-1-3-7-14/h1-9,11,16,25H,10,12-13H2,(H,23,26)/b18-11+/t16-/m0/s1. The van der Waals surface area contributed by atoms with Crippen molar-refractivity contribution in [1.29, 1.82) is 0 Å². The van der Waals surface area contributed by atoms with Crippen LogP contribution in [0.5, 0.6) is 0 Å². The van der Waals surface area contributed by atoms with Gasteiger partial charge in [0.15, 0.2) is 0 Å². The maximum Gasteiger partial charge on any atom is 0.266 e. The minimum atomic E-state index is -0.443. The Labute approximate surface area is 183 Å². The fourth-order valence-electron chi connectivity index (χ4n) is 2.85. The maximum atomic E-state index is 12.7. The predicted octanol–water partition coefficient (Wildman–Crippen LogP) is 3.26. The number of nitrogens with one attached hydrogen (secondary N) is 1. The molecule has 2 N–H and O–H groups in total. The molecule has 1 atom stereocenters. The van der Waals surface area contributed by atoms with Crippen LogP contribution in [-0.2, 0) is 16.0 Å². The molecule has 2 amide bonds. The van der Waals surface area contributed by atoms with Gasteiger partial charge >= 0.3 is 0 Å². The van der Waals surface area contributed by atoms with Crippen molar-refractivity contribution in [3.8, 4) is 0 Å². The van der Waals surface area contributed by atoms with Crippen molar-refractivity contribution in [3.05, 3.63) is 75.7 Å². The SMILES string of the molecule is O=C(CN1C(=O)/C(=C\c2ccccc2Cl)SC1=S)N[C@H](CO)Cc1ccccc1. The third-order valence-corrected chi connectivity index (χ3v) is 6.00. The van der Waals surface area contributed by atoms with Crippen LogP contribution in [0.3, 0.4) is 0 Å². The molecule has 1 saturated heterocycles. The highest BCUT2D eigenvalue weighted by atomic mass is 35.5. The molecule has 29 heavy (non-hydrogen) atoms. The van der Waals surface area contributed by atoms with Crippen molar-refractivity contribution < 1.29 is 14.7 Å². The lowest BCUT2D eigenvalue weighted by Gasteiger charge is -2.19. The van der Waals surface area contributed by atoms with Gasteiger partial charge in [0.1, 0.15) is 10.9 Å². The number of benzene rings is 2. The van der Waals surface area contributed by atoms with Gasteiger partial charge in [0.05, 0.1) is 17.6 Å². The van der Waals surface area contributed by atoms with E-state index in [0.717, 1.165) is 17.3 Å². The van der Waals surface area contributed by atoms with Crippen LogP contribution in [0.4, 0.5) is 0 Å². The van der Waals surface area contributed by atoms with Crippen LogP contribution in [0.15, 0.2) is 59.5 Å². The normalized spacial score (nSPS) is 16.3. The first kappa shape index (κ1) is 21.5. The first-order chi connectivity index (χ1) is 14.0. The molecule has 1 heterocycles. The smallest absolute Gasteiger partial charge is 0.266 e. The van der Waals surface area contributed by atoms with E-state index in [0.29, 0.717) is 26.2 Å². The number of aliphatic hydroxyl groups is 1. The summed E-state index contributed by atoms with van der Waals surface area (Å²) in [5, 5.41) is 12.9. The summed E-state index contributed by atoms with van der Waals surface area (Å²) in [7, 11) is 0. The second-order valence-corrected chi connectivity index (χ2v) is 8.51. The Morgan fingerprint density at radius 1 is 1.21 bits per heavy atom. The van der Waals surface area contributed by atoms with Gasteiger partial charge in [0, 0.05) is 5.02 Å². The molecule has 0 aromatic heterocycles. The third-order valence-electron chi connectivity index (χ3n) is 4.28. The summed E-state index contributed by atoms with van der Waals surface area (Å²) >= 11 is 12.6. The summed E-state index contributed by atoms with van der Waals surface area (Å²) in [6.07, 6.45) is 2.17. The van der Waals surface area contributed by atoms with Crippen LogP contribution in [0.1, 0.15) is 11.1 Å². The topological polar surface area (TPSA) is 69.6 Å². The molecule has 1 aliphatic rings. The number of amides is 2. The van der Waals surface area contributed by atoms with Gasteiger partial charge in [-0.2, -0.15) is 0 Å². The fourth-order valence-corrected chi connectivity index (χ4v) is 4.28. The lowest BCUT2D eigenvalue weighted by atomic mass is 10.1. The number of carbonyl (C=O) groups is 2. The third kappa shape index (κ3) is 5.67. The second-order valence-electron chi connectivity index (χ2n) is 6.43. The summed E-state index contributed by atoms with van der Waals surface area (Å²) in [5.41, 5.74) is 1.71. The van der Waals surface area contributed by atoms with Gasteiger partial charge in [-0.05, 0) is 29.7 Å². The van der Waals surface area contributed by atoms with E-state index in [1.807, 2.05) is 42.5 Å². The van der Waals surface area contributed by atoms with Gasteiger partial charge in [-0.1, -0.05) is 84.1 Å². The molecular weight excluding hydrogens is 428 g/mol. The number of thiocarbonyl (C=S) groups is 1. The Hall–Kier alpha value is -2.19. The molecular formula is C21H19ClN2O3S2. The van der Waals surface area contributed by atoms with Crippen LogP contribution in [-0.4, -0.2) is 45.3 Å². The molecule has 150 valence electrons. The lowest BCUT2D eigenvalue weighted by molar-refractivity contribution is -0.129. The number of aliphatic hydroxyl groups excluding tert-OH is 1. The van der Waals surface area contributed by atoms with Crippen molar-refractivity contribution in [1.82, 2.24) is 10.2 Å². The molecule has 8 heteroatoms. The highest BCUT2D eigenvalue weighted by Gasteiger charge is 2.33. The number of thioether (sulfide) groups is 1. The molecule has 0 spiro atoms. The predicted molar refractivity (Wildman–Crippen MR) is 120 cm³/mol. The molecule has 2 aromatic carbocycles. The molecule has 0 radical (unpaired) electrons. The van der Waals surface area contributed by atoms with Crippen LogP contribution in [0, 0.1) is 0 Å². The molecule has 0 unspecified atom stereocenters. The first-order valence-electron chi connectivity index (χ1n) is 8.92. The van der Waals surface area contributed by atoms with Crippen LogP contribution < -0.4 is 5.32 Å². The summed E-state index contributed by atoms with van der Waals surface area (Å²) in [6.45, 7) is -0.402. The van der Waals surface area contributed by atoms with Gasteiger partial charge in [-0.15, -0.1) is 0 Å². The molecule has 3 rings (SSSR count). The Bertz CT molecular complexity index is 950. The van der Waals surface area contributed by atoms with Gasteiger partial charge < -0.3 is 10.4 Å². The van der Waals surface area contributed by atoms with Crippen LogP contribution in [0.25, 0.3) is 6.08 Å². The monoisotopic (exact) mass is 446 g/mol. The highest BCUT2D eigenvalue weighted by molar-refractivity contribution is 8.26. The zero-order valence-corrected chi connectivity index (χ0v) is 17.8. The Balaban J connectivity index is 1.63. The largest absolute Gasteiger partial charge is 0.394 e. The Kier molecular flexibility index (Phi) is 7.44. The van der Waals surface area contributed by atoms with E-state index in [4.69, 9.17) is 23.8 Å². The molecule has 0 bridgehead atoms. The average Bonchev–Trinajstić information content (AvgIpc) is 2.97. The number of halogens is 1. The molecule has 1 fully saturated rings. The maximum absolute atomic E-state index is 12.7. The first-order valence-corrected chi connectivity index (χ1v) is 10.5. The van der Waals surface area contributed by atoms with Gasteiger partial charge in [0.2, 0.25) is 5.91 Å². The van der Waals surface area contributed by atoms with Crippen molar-refractivity contribution in [2.24, 2.45) is 0 Å². The molecule has 2 aromatic rings. The number of carbonyl (C=O) groups excluding carboxylic acids is 2. The zero-order valence-electron chi connectivity index (χ0n) is 15.4. The molecule has 1 aliphatic heterocycles. The van der Waals surface area contributed by atoms with E-state index in [1.165, 1.54) is 4.90 Å². The van der Waals surface area contributed by atoms with E-state index in [2.05, 4.69) is 5.32 Å². The molecule has 0 saturated carbocycles. The van der Waals surface area contributed by atoms with E-state index < -0.39 is 6.04 Å². The number of rotatable bonds is 7. The van der Waals surface area contributed by atoms with Crippen molar-refractivity contribution in [3.63, 3.8) is 0 Å². The second kappa shape index (κ2) is 10.0. The van der Waals surface area contributed by atoms with Crippen molar-refractivity contribution in [2.45, 2.75) is 12.5 Å². The number of hydrogen-bond acceptors (Lipinski definition) is 5. The molecule has 0 aliphatic carbocycles. The average molecular weight is 447 g/mol. The summed E-state index contributed by atoms with van der Waals surface area (Å²) in [5.74, 6) is -0.714. The Morgan fingerprint density at radius 3 is 2.59 bits per heavy atom. The van der Waals surface area contributed by atoms with Gasteiger partial charge in [-0.25, -0.2) is 0 Å². The summed E-state index contributed by atoms with van der Waals surface area (Å²) in [4.78, 5) is 26.8. The minimum Gasteiger partial charge on any atom is -0.394 e. The lowest BCUT2D eigenvalue weighted by Crippen LogP contribution is -2.45. The van der Waals surface area contributed by atoms with E-state index in [-0.39, 0.29) is 25.0 Å². The van der Waals surface area contributed by atoms with Crippen LogP contribution in [0.2, 0.25) is 5.02 Å². The minimum absolute atomic E-state index is 0.199. The van der Waals surface area contributed by atoms with Crippen molar-refractivity contribution in [2.75, 3.05) is 13.2 Å². The van der Waals surface area contributed by atoms with Gasteiger partial charge in [-0.3, -0.25) is 14.5 Å². The summed E-state index contributed by atoms with van der Waals surface area (Å²) < 4.78 is 0.312. The van der Waals surface area contributed by atoms with Gasteiger partial charge in [0.25, 0.3) is 5.91 Å². The quantitative estimate of drug-likeness (QED) is 0.504. The van der Waals surface area contributed by atoms with Crippen LogP contribution >= 0.6 is 35.6 Å².